The van der Waals surface area contributed by atoms with Gasteiger partial charge in [-0.25, -0.2) is 0 Å². The summed E-state index contributed by atoms with van der Waals surface area (Å²) in [6.45, 7) is 10.3. The van der Waals surface area contributed by atoms with Crippen LogP contribution in [0.5, 0.6) is 17.2 Å². The van der Waals surface area contributed by atoms with E-state index in [1.165, 1.54) is 32.4 Å². The maximum atomic E-state index is 5.98. The minimum absolute atomic E-state index is 0.0618. The monoisotopic (exact) mass is 459 g/mol. The molecule has 4 rings (SSSR count). The predicted octanol–water partition coefficient (Wildman–Crippen LogP) is 4.16. The minimum Gasteiger partial charge on any atom is -0.494 e. The molecule has 34 heavy (non-hydrogen) atoms. The van der Waals surface area contributed by atoms with Crippen molar-refractivity contribution in [3.8, 4) is 17.2 Å². The molecule has 180 valence electrons. The second-order valence-corrected chi connectivity index (χ2v) is 8.16. The van der Waals surface area contributed by atoms with Gasteiger partial charge < -0.3 is 19.5 Å². The third-order valence-corrected chi connectivity index (χ3v) is 5.80. The van der Waals surface area contributed by atoms with Gasteiger partial charge in [-0.05, 0) is 81.3 Å². The van der Waals surface area contributed by atoms with Gasteiger partial charge in [0.15, 0.2) is 0 Å². The molecule has 1 N–H and O–H groups in total. The van der Waals surface area contributed by atoms with E-state index < -0.39 is 0 Å². The van der Waals surface area contributed by atoms with Crippen molar-refractivity contribution in [2.45, 2.75) is 40.0 Å². The van der Waals surface area contributed by atoms with Crippen molar-refractivity contribution in [2.24, 2.45) is 0 Å². The zero-order valence-electron chi connectivity index (χ0n) is 20.9. The average Bonchev–Trinajstić information content (AvgIpc) is 2.89. The Morgan fingerprint density at radius 3 is 1.18 bits per heavy atom. The van der Waals surface area contributed by atoms with E-state index >= 15 is 0 Å². The molecule has 0 radical (unpaired) electrons. The lowest BCUT2D eigenvalue weighted by Crippen LogP contribution is -2.53. The zero-order valence-corrected chi connectivity index (χ0v) is 20.9. The van der Waals surface area contributed by atoms with Crippen LogP contribution in [0, 0.1) is 0 Å². The molecule has 1 aliphatic heterocycles. The highest BCUT2D eigenvalue weighted by atomic mass is 16.5. The lowest BCUT2D eigenvalue weighted by molar-refractivity contribution is 0.341. The summed E-state index contributed by atoms with van der Waals surface area (Å²) < 4.78 is 17.9. The van der Waals surface area contributed by atoms with Crippen LogP contribution in [0.15, 0.2) is 72.8 Å². The standard InChI is InChI=1S/C24H27BO3.C5H11N/c1-4-26-22-16-10-7-13-19(22)25(20-14-8-11-17-23(20)27-5-2)21-15-9-12-18-24(21)28-6-3;1-2-4-6-5-3-1/h7-18H,4-6H2,1-3H3;6H,1-5H2. The third-order valence-electron chi connectivity index (χ3n) is 5.80. The fourth-order valence-electron chi connectivity index (χ4n) is 4.32. The Morgan fingerprint density at radius 2 is 0.912 bits per heavy atom. The lowest BCUT2D eigenvalue weighted by Gasteiger charge is -2.23. The summed E-state index contributed by atoms with van der Waals surface area (Å²) in [6.07, 6.45) is 4.22. The van der Waals surface area contributed by atoms with Crippen LogP contribution in [0.2, 0.25) is 0 Å². The molecular weight excluding hydrogens is 421 g/mol. The largest absolute Gasteiger partial charge is 0.494 e. The van der Waals surface area contributed by atoms with Gasteiger partial charge >= 0.3 is 0 Å². The third kappa shape index (κ3) is 7.04. The normalized spacial score (nSPS) is 12.8. The Bertz CT molecular complexity index is 861. The van der Waals surface area contributed by atoms with Gasteiger partial charge in [-0.3, -0.25) is 0 Å². The first kappa shape index (κ1) is 25.7. The van der Waals surface area contributed by atoms with Gasteiger partial charge in [0.2, 0.25) is 0 Å². The molecule has 1 heterocycles. The number of ether oxygens (including phenoxy) is 3. The Kier molecular flexibility index (Phi) is 10.9. The van der Waals surface area contributed by atoms with Crippen LogP contribution in [0.3, 0.4) is 0 Å². The zero-order chi connectivity index (χ0) is 24.0. The Hall–Kier alpha value is -2.92. The van der Waals surface area contributed by atoms with Crippen molar-refractivity contribution in [1.29, 1.82) is 0 Å². The summed E-state index contributed by atoms with van der Waals surface area (Å²) in [5.74, 6) is 2.65. The Labute approximate surface area is 205 Å². The summed E-state index contributed by atoms with van der Waals surface area (Å²) >= 11 is 0. The van der Waals surface area contributed by atoms with Crippen molar-refractivity contribution in [3.63, 3.8) is 0 Å². The molecular formula is C29H38BNO3. The van der Waals surface area contributed by atoms with E-state index in [1.54, 1.807) is 0 Å². The molecule has 3 aromatic rings. The van der Waals surface area contributed by atoms with E-state index in [0.29, 0.717) is 19.8 Å². The van der Waals surface area contributed by atoms with E-state index in [-0.39, 0.29) is 6.71 Å². The molecule has 4 nitrogen and oxygen atoms in total. The fraction of sp³-hybridized carbons (Fsp3) is 0.379. The molecule has 0 atom stereocenters. The average molecular weight is 459 g/mol. The molecule has 0 saturated carbocycles. The number of piperidine rings is 1. The molecule has 0 spiro atoms. The van der Waals surface area contributed by atoms with Crippen molar-refractivity contribution in [2.75, 3.05) is 32.9 Å². The highest BCUT2D eigenvalue weighted by Crippen LogP contribution is 2.17. The molecule has 3 aromatic carbocycles. The molecule has 0 amide bonds. The molecule has 0 unspecified atom stereocenters. The number of hydrogen-bond acceptors (Lipinski definition) is 4. The molecule has 1 fully saturated rings. The Balaban J connectivity index is 0.000000469. The van der Waals surface area contributed by atoms with E-state index in [0.717, 1.165) is 33.6 Å². The van der Waals surface area contributed by atoms with E-state index in [4.69, 9.17) is 14.2 Å². The molecule has 0 aliphatic carbocycles. The first-order chi connectivity index (χ1) is 16.8. The van der Waals surface area contributed by atoms with E-state index in [9.17, 15) is 0 Å². The molecule has 0 bridgehead atoms. The van der Waals surface area contributed by atoms with Crippen LogP contribution >= 0.6 is 0 Å². The van der Waals surface area contributed by atoms with Crippen molar-refractivity contribution < 1.29 is 14.2 Å². The highest BCUT2D eigenvalue weighted by molar-refractivity contribution is 6.97. The van der Waals surface area contributed by atoms with E-state index in [2.05, 4.69) is 41.7 Å². The maximum Gasteiger partial charge on any atom is 0.255 e. The highest BCUT2D eigenvalue weighted by Gasteiger charge is 2.30. The minimum atomic E-state index is -0.0618. The lowest BCUT2D eigenvalue weighted by atomic mass is 9.36. The van der Waals surface area contributed by atoms with Crippen LogP contribution in [-0.2, 0) is 0 Å². The number of para-hydroxylation sites is 3. The SMILES string of the molecule is C1CCNCC1.CCOc1ccccc1B(c1ccccc1OCC)c1ccccc1OCC. The van der Waals surface area contributed by atoms with Crippen molar-refractivity contribution in [1.82, 2.24) is 5.32 Å². The van der Waals surface area contributed by atoms with E-state index in [1.807, 2.05) is 57.2 Å². The Morgan fingerprint density at radius 1 is 0.559 bits per heavy atom. The molecule has 1 aliphatic rings. The van der Waals surface area contributed by atoms with Crippen LogP contribution in [0.25, 0.3) is 0 Å². The van der Waals surface area contributed by atoms with Gasteiger partial charge in [0.05, 0.1) is 19.8 Å². The first-order valence-corrected chi connectivity index (χ1v) is 12.7. The van der Waals surface area contributed by atoms with Crippen LogP contribution in [-0.4, -0.2) is 39.6 Å². The summed E-state index contributed by atoms with van der Waals surface area (Å²) in [6, 6.07) is 24.6. The topological polar surface area (TPSA) is 39.7 Å². The summed E-state index contributed by atoms with van der Waals surface area (Å²) in [7, 11) is 0. The summed E-state index contributed by atoms with van der Waals surface area (Å²) in [5.41, 5.74) is 3.30. The van der Waals surface area contributed by atoms with Gasteiger partial charge in [0.25, 0.3) is 6.71 Å². The number of nitrogens with one attached hydrogen (secondary N) is 1. The smallest absolute Gasteiger partial charge is 0.255 e. The van der Waals surface area contributed by atoms with Crippen LogP contribution in [0.4, 0.5) is 0 Å². The van der Waals surface area contributed by atoms with Crippen molar-refractivity contribution in [3.05, 3.63) is 72.8 Å². The van der Waals surface area contributed by atoms with Gasteiger partial charge in [0.1, 0.15) is 17.2 Å². The number of hydrogen-bond donors (Lipinski definition) is 1. The van der Waals surface area contributed by atoms with Gasteiger partial charge in [-0.15, -0.1) is 0 Å². The fourth-order valence-corrected chi connectivity index (χ4v) is 4.32. The number of benzene rings is 3. The second kappa shape index (κ2) is 14.4. The first-order valence-electron chi connectivity index (χ1n) is 12.7. The van der Waals surface area contributed by atoms with Crippen LogP contribution < -0.4 is 35.9 Å². The second-order valence-electron chi connectivity index (χ2n) is 8.16. The number of rotatable bonds is 9. The van der Waals surface area contributed by atoms with Gasteiger partial charge in [0, 0.05) is 0 Å². The summed E-state index contributed by atoms with van der Waals surface area (Å²) in [5, 5.41) is 3.28. The molecule has 5 heteroatoms. The van der Waals surface area contributed by atoms with Crippen molar-refractivity contribution >= 4 is 23.1 Å². The molecule has 1 saturated heterocycles. The quantitative estimate of drug-likeness (QED) is 0.488. The summed E-state index contributed by atoms with van der Waals surface area (Å²) in [4.78, 5) is 0. The molecule has 0 aromatic heterocycles. The predicted molar refractivity (Wildman–Crippen MR) is 144 cm³/mol. The van der Waals surface area contributed by atoms with Gasteiger partial charge in [-0.2, -0.15) is 0 Å². The maximum absolute atomic E-state index is 5.98. The van der Waals surface area contributed by atoms with Crippen LogP contribution in [0.1, 0.15) is 40.0 Å². The van der Waals surface area contributed by atoms with Gasteiger partial charge in [-0.1, -0.05) is 61.0 Å².